The van der Waals surface area contributed by atoms with E-state index in [-0.39, 0.29) is 11.7 Å². The lowest BCUT2D eigenvalue weighted by molar-refractivity contribution is -0.113. The molecular weight excluding hydrogens is 160 g/mol. The minimum atomic E-state index is -0.304. The highest BCUT2D eigenvalue weighted by Crippen LogP contribution is 2.28. The highest BCUT2D eigenvalue weighted by atomic mass is 32.2. The molecule has 1 fully saturated rings. The van der Waals surface area contributed by atoms with Gasteiger partial charge in [-0.15, -0.1) is 0 Å². The molecule has 0 heterocycles. The van der Waals surface area contributed by atoms with E-state index in [9.17, 15) is 4.79 Å². The van der Waals surface area contributed by atoms with Crippen LogP contribution in [0.1, 0.15) is 32.1 Å². The van der Waals surface area contributed by atoms with Crippen molar-refractivity contribution in [2.24, 2.45) is 0 Å². The Labute approximate surface area is 71.4 Å². The minimum Gasteiger partial charge on any atom is -0.388 e. The van der Waals surface area contributed by atoms with Crippen molar-refractivity contribution in [3.63, 3.8) is 0 Å². The Balaban J connectivity index is 2.19. The van der Waals surface area contributed by atoms with Crippen LogP contribution in [0.2, 0.25) is 0 Å². The van der Waals surface area contributed by atoms with Crippen molar-refractivity contribution in [1.82, 2.24) is 0 Å². The van der Waals surface area contributed by atoms with Crippen LogP contribution in [0.15, 0.2) is 0 Å². The van der Waals surface area contributed by atoms with E-state index in [0.717, 1.165) is 12.8 Å². The van der Waals surface area contributed by atoms with Crippen molar-refractivity contribution < 1.29 is 9.90 Å². The van der Waals surface area contributed by atoms with Crippen LogP contribution in [0.5, 0.6) is 0 Å². The lowest BCUT2D eigenvalue weighted by Crippen LogP contribution is -2.12. The van der Waals surface area contributed by atoms with Gasteiger partial charge in [-0.2, -0.15) is 0 Å². The quantitative estimate of drug-likeness (QED) is 0.690. The molecule has 0 bridgehead atoms. The number of rotatable bonds is 2. The summed E-state index contributed by atoms with van der Waals surface area (Å²) in [5.41, 5.74) is 0. The Bertz CT molecular complexity index is 130. The van der Waals surface area contributed by atoms with Crippen LogP contribution < -0.4 is 0 Å². The number of thioether (sulfide) groups is 1. The van der Waals surface area contributed by atoms with Gasteiger partial charge in [0.15, 0.2) is 0 Å². The fourth-order valence-electron chi connectivity index (χ4n) is 1.41. The molecule has 0 amide bonds. The number of hydrogen-bond acceptors (Lipinski definition) is 3. The molecular formula is C8H14O2S. The molecule has 1 N–H and O–H groups in total. The van der Waals surface area contributed by atoms with E-state index in [2.05, 4.69) is 0 Å². The fraction of sp³-hybridized carbons (Fsp3) is 0.875. The largest absolute Gasteiger partial charge is 0.388 e. The number of carbonyl (C=O) groups is 1. The van der Waals surface area contributed by atoms with Crippen molar-refractivity contribution in [3.05, 3.63) is 0 Å². The average molecular weight is 174 g/mol. The van der Waals surface area contributed by atoms with E-state index in [1.54, 1.807) is 0 Å². The zero-order valence-electron chi connectivity index (χ0n) is 6.58. The standard InChI is InChI=1S/C8H14O2S/c9-6-8(10)11-7-4-2-1-3-5-7/h7,9H,1-6H2. The van der Waals surface area contributed by atoms with E-state index < -0.39 is 0 Å². The van der Waals surface area contributed by atoms with Gasteiger partial charge in [0, 0.05) is 5.25 Å². The maximum atomic E-state index is 10.8. The molecule has 0 aliphatic heterocycles. The second-order valence-corrected chi connectivity index (χ2v) is 4.27. The van der Waals surface area contributed by atoms with Gasteiger partial charge in [-0.3, -0.25) is 4.79 Å². The molecule has 0 aromatic heterocycles. The van der Waals surface area contributed by atoms with Gasteiger partial charge in [0.05, 0.1) is 0 Å². The molecule has 1 saturated carbocycles. The molecule has 0 unspecified atom stereocenters. The Morgan fingerprint density at radius 1 is 1.36 bits per heavy atom. The van der Waals surface area contributed by atoms with E-state index in [1.165, 1.54) is 31.0 Å². The molecule has 64 valence electrons. The van der Waals surface area contributed by atoms with Gasteiger partial charge < -0.3 is 5.11 Å². The second-order valence-electron chi connectivity index (χ2n) is 2.91. The third kappa shape index (κ3) is 3.25. The first kappa shape index (κ1) is 9.07. The Hall–Kier alpha value is -0.0200. The van der Waals surface area contributed by atoms with Crippen molar-refractivity contribution in [1.29, 1.82) is 0 Å². The van der Waals surface area contributed by atoms with Crippen LogP contribution in [-0.4, -0.2) is 22.1 Å². The molecule has 0 aromatic rings. The normalized spacial score (nSPS) is 20.1. The van der Waals surface area contributed by atoms with Crippen LogP contribution in [0, 0.1) is 0 Å². The van der Waals surface area contributed by atoms with E-state index in [4.69, 9.17) is 5.11 Å². The summed E-state index contributed by atoms with van der Waals surface area (Å²) in [6.45, 7) is -0.304. The lowest BCUT2D eigenvalue weighted by Gasteiger charge is -2.19. The molecule has 0 atom stereocenters. The van der Waals surface area contributed by atoms with Crippen LogP contribution in [0.3, 0.4) is 0 Å². The van der Waals surface area contributed by atoms with Crippen LogP contribution in [0.25, 0.3) is 0 Å². The fourth-order valence-corrected chi connectivity index (χ4v) is 2.42. The SMILES string of the molecule is O=C(CO)SC1CCCCC1. The van der Waals surface area contributed by atoms with Crippen LogP contribution in [0.4, 0.5) is 0 Å². The molecule has 0 radical (unpaired) electrons. The highest BCUT2D eigenvalue weighted by molar-refractivity contribution is 8.14. The van der Waals surface area contributed by atoms with Gasteiger partial charge in [0.1, 0.15) is 6.61 Å². The first-order valence-electron chi connectivity index (χ1n) is 4.13. The maximum Gasteiger partial charge on any atom is 0.214 e. The third-order valence-corrected chi connectivity index (χ3v) is 3.18. The molecule has 1 aliphatic rings. The Morgan fingerprint density at radius 3 is 2.55 bits per heavy atom. The topological polar surface area (TPSA) is 37.3 Å². The summed E-state index contributed by atoms with van der Waals surface area (Å²) in [6.07, 6.45) is 6.10. The minimum absolute atomic E-state index is 0.0723. The molecule has 0 aromatic carbocycles. The summed E-state index contributed by atoms with van der Waals surface area (Å²) in [6, 6.07) is 0. The van der Waals surface area contributed by atoms with Gasteiger partial charge in [-0.25, -0.2) is 0 Å². The predicted octanol–water partition coefficient (Wildman–Crippen LogP) is 1.57. The van der Waals surface area contributed by atoms with Gasteiger partial charge in [-0.05, 0) is 12.8 Å². The highest BCUT2D eigenvalue weighted by Gasteiger charge is 2.16. The van der Waals surface area contributed by atoms with Crippen molar-refractivity contribution in [3.8, 4) is 0 Å². The number of aliphatic hydroxyl groups is 1. The van der Waals surface area contributed by atoms with E-state index in [0.29, 0.717) is 5.25 Å². The van der Waals surface area contributed by atoms with Crippen molar-refractivity contribution in [2.45, 2.75) is 37.4 Å². The smallest absolute Gasteiger partial charge is 0.214 e. The van der Waals surface area contributed by atoms with E-state index >= 15 is 0 Å². The van der Waals surface area contributed by atoms with Crippen molar-refractivity contribution >= 4 is 16.9 Å². The lowest BCUT2D eigenvalue weighted by atomic mass is 10.0. The average Bonchev–Trinajstić information content (AvgIpc) is 2.06. The molecule has 1 rings (SSSR count). The van der Waals surface area contributed by atoms with Crippen LogP contribution >= 0.6 is 11.8 Å². The third-order valence-electron chi connectivity index (χ3n) is 1.98. The molecule has 0 spiro atoms. The first-order valence-corrected chi connectivity index (χ1v) is 5.01. The summed E-state index contributed by atoms with van der Waals surface area (Å²) in [4.78, 5) is 10.8. The zero-order valence-corrected chi connectivity index (χ0v) is 7.40. The summed E-state index contributed by atoms with van der Waals surface area (Å²) >= 11 is 1.33. The van der Waals surface area contributed by atoms with Gasteiger partial charge in [0.2, 0.25) is 5.12 Å². The number of aliphatic hydroxyl groups excluding tert-OH is 1. The maximum absolute atomic E-state index is 10.8. The Kier molecular flexibility index (Phi) is 3.94. The summed E-state index contributed by atoms with van der Waals surface area (Å²) in [5, 5.41) is 8.91. The first-order chi connectivity index (χ1) is 5.33. The number of carbonyl (C=O) groups excluding carboxylic acids is 1. The zero-order chi connectivity index (χ0) is 8.10. The Morgan fingerprint density at radius 2 is 2.00 bits per heavy atom. The molecule has 11 heavy (non-hydrogen) atoms. The van der Waals surface area contributed by atoms with Gasteiger partial charge >= 0.3 is 0 Å². The van der Waals surface area contributed by atoms with E-state index in [1.807, 2.05) is 0 Å². The summed E-state index contributed by atoms with van der Waals surface area (Å²) in [5.74, 6) is 0. The molecule has 0 saturated heterocycles. The summed E-state index contributed by atoms with van der Waals surface area (Å²) in [7, 11) is 0. The predicted molar refractivity (Wildman–Crippen MR) is 46.6 cm³/mol. The summed E-state index contributed by atoms with van der Waals surface area (Å²) < 4.78 is 0. The molecule has 1 aliphatic carbocycles. The molecule has 3 heteroatoms. The van der Waals surface area contributed by atoms with Gasteiger partial charge in [0.25, 0.3) is 0 Å². The van der Waals surface area contributed by atoms with Gasteiger partial charge in [-0.1, -0.05) is 31.0 Å². The van der Waals surface area contributed by atoms with Crippen LogP contribution in [-0.2, 0) is 4.79 Å². The molecule has 2 nitrogen and oxygen atoms in total. The monoisotopic (exact) mass is 174 g/mol. The second kappa shape index (κ2) is 4.78. The number of hydrogen-bond donors (Lipinski definition) is 1. The van der Waals surface area contributed by atoms with Crippen molar-refractivity contribution in [2.75, 3.05) is 6.61 Å².